The summed E-state index contributed by atoms with van der Waals surface area (Å²) in [6.07, 6.45) is 15.4. The summed E-state index contributed by atoms with van der Waals surface area (Å²) >= 11 is 1.54. The number of benzene rings is 2. The molecule has 6 rings (SSSR count). The van der Waals surface area contributed by atoms with Gasteiger partial charge in [-0.1, -0.05) is 18.6 Å². The van der Waals surface area contributed by atoms with Crippen molar-refractivity contribution < 1.29 is 14.3 Å². The zero-order valence-corrected chi connectivity index (χ0v) is 26.6. The minimum atomic E-state index is -0.283. The Hall–Kier alpha value is -4.90. The SMILES string of the molecule is CNC(=O)c1cc(Oc2ccc(Nc3ncc(SC)c(Nc4cccc(NC(=O)/C=C/CC5CC6CCC5C6)c4)n3)cc2)ccn1. The quantitative estimate of drug-likeness (QED) is 0.0921. The number of anilines is 5. The van der Waals surface area contributed by atoms with Crippen molar-refractivity contribution in [1.82, 2.24) is 20.3 Å². The first-order valence-corrected chi connectivity index (χ1v) is 16.7. The fourth-order valence-electron chi connectivity index (χ4n) is 6.28. The Kier molecular flexibility index (Phi) is 9.78. The van der Waals surface area contributed by atoms with Gasteiger partial charge in [-0.15, -0.1) is 11.8 Å². The van der Waals surface area contributed by atoms with Crippen LogP contribution in [0.1, 0.15) is 42.6 Å². The zero-order chi connectivity index (χ0) is 31.9. The Bertz CT molecular complexity index is 1730. The maximum absolute atomic E-state index is 12.6. The summed E-state index contributed by atoms with van der Waals surface area (Å²) in [5.74, 6) is 4.28. The number of carbonyl (C=O) groups excluding carboxylic acids is 2. The van der Waals surface area contributed by atoms with Crippen molar-refractivity contribution in [1.29, 1.82) is 0 Å². The summed E-state index contributed by atoms with van der Waals surface area (Å²) in [4.78, 5) is 38.6. The van der Waals surface area contributed by atoms with Gasteiger partial charge in [-0.3, -0.25) is 14.6 Å². The number of fused-ring (bicyclic) bond motifs is 2. The molecular formula is C35H37N7O3S. The van der Waals surface area contributed by atoms with Gasteiger partial charge in [0.1, 0.15) is 23.0 Å². The Labute approximate surface area is 272 Å². The summed E-state index contributed by atoms with van der Waals surface area (Å²) < 4.78 is 5.90. The highest BCUT2D eigenvalue weighted by Gasteiger charge is 2.38. The average Bonchev–Trinajstić information content (AvgIpc) is 3.70. The fourth-order valence-corrected chi connectivity index (χ4v) is 6.73. The number of carbonyl (C=O) groups is 2. The molecular weight excluding hydrogens is 598 g/mol. The molecule has 2 aliphatic carbocycles. The molecule has 0 radical (unpaired) electrons. The minimum Gasteiger partial charge on any atom is -0.457 e. The van der Waals surface area contributed by atoms with E-state index < -0.39 is 0 Å². The lowest BCUT2D eigenvalue weighted by atomic mass is 9.86. The summed E-state index contributed by atoms with van der Waals surface area (Å²) in [5, 5.41) is 12.1. The lowest BCUT2D eigenvalue weighted by Crippen LogP contribution is -2.18. The van der Waals surface area contributed by atoms with Gasteiger partial charge in [0.25, 0.3) is 5.91 Å². The number of aromatic nitrogens is 3. The highest BCUT2D eigenvalue weighted by atomic mass is 32.2. The summed E-state index contributed by atoms with van der Waals surface area (Å²) in [6, 6.07) is 18.2. The van der Waals surface area contributed by atoms with Gasteiger partial charge in [0, 0.05) is 42.6 Å². The molecule has 46 heavy (non-hydrogen) atoms. The van der Waals surface area contributed by atoms with E-state index in [1.54, 1.807) is 31.5 Å². The van der Waals surface area contributed by atoms with E-state index in [0.29, 0.717) is 29.0 Å². The second kappa shape index (κ2) is 14.5. The molecule has 2 aromatic carbocycles. The predicted octanol–water partition coefficient (Wildman–Crippen LogP) is 7.55. The van der Waals surface area contributed by atoms with Gasteiger partial charge in [0.2, 0.25) is 11.9 Å². The largest absolute Gasteiger partial charge is 0.457 e. The van der Waals surface area contributed by atoms with E-state index in [-0.39, 0.29) is 17.5 Å². The van der Waals surface area contributed by atoms with Gasteiger partial charge < -0.3 is 26.0 Å². The Morgan fingerprint density at radius 3 is 2.57 bits per heavy atom. The molecule has 0 spiro atoms. The zero-order valence-electron chi connectivity index (χ0n) is 25.8. The normalized spacial score (nSPS) is 18.3. The van der Waals surface area contributed by atoms with E-state index in [1.807, 2.05) is 60.9 Å². The molecule has 2 saturated carbocycles. The molecule has 4 N–H and O–H groups in total. The van der Waals surface area contributed by atoms with Crippen LogP contribution >= 0.6 is 11.8 Å². The molecule has 2 amide bonds. The number of ether oxygens (including phenoxy) is 1. The first-order valence-electron chi connectivity index (χ1n) is 15.4. The molecule has 3 atom stereocenters. The number of allylic oxidation sites excluding steroid dienone is 1. The van der Waals surface area contributed by atoms with Crippen LogP contribution in [0.3, 0.4) is 0 Å². The smallest absolute Gasteiger partial charge is 0.269 e. The van der Waals surface area contributed by atoms with E-state index in [0.717, 1.165) is 40.4 Å². The number of amides is 2. The van der Waals surface area contributed by atoms with Crippen molar-refractivity contribution >= 4 is 52.4 Å². The predicted molar refractivity (Wildman–Crippen MR) is 182 cm³/mol. The van der Waals surface area contributed by atoms with E-state index in [9.17, 15) is 9.59 Å². The topological polar surface area (TPSA) is 130 Å². The molecule has 2 fully saturated rings. The molecule has 2 aliphatic rings. The summed E-state index contributed by atoms with van der Waals surface area (Å²) in [7, 11) is 1.55. The Balaban J connectivity index is 1.06. The second-order valence-electron chi connectivity index (χ2n) is 11.6. The van der Waals surface area contributed by atoms with Crippen molar-refractivity contribution in [2.75, 3.05) is 29.3 Å². The van der Waals surface area contributed by atoms with E-state index in [2.05, 4.69) is 31.2 Å². The molecule has 2 aromatic heterocycles. The summed E-state index contributed by atoms with van der Waals surface area (Å²) in [5.41, 5.74) is 2.55. The molecule has 10 nitrogen and oxygen atoms in total. The lowest BCUT2D eigenvalue weighted by molar-refractivity contribution is -0.111. The van der Waals surface area contributed by atoms with Crippen molar-refractivity contribution in [2.45, 2.75) is 37.0 Å². The van der Waals surface area contributed by atoms with Crippen LogP contribution in [0.5, 0.6) is 11.5 Å². The van der Waals surface area contributed by atoms with Crippen LogP contribution < -0.4 is 26.0 Å². The lowest BCUT2D eigenvalue weighted by Gasteiger charge is -2.19. The molecule has 2 heterocycles. The van der Waals surface area contributed by atoms with Crippen LogP contribution in [0.4, 0.5) is 28.8 Å². The Morgan fingerprint density at radius 2 is 1.80 bits per heavy atom. The molecule has 3 unspecified atom stereocenters. The van der Waals surface area contributed by atoms with Crippen LogP contribution in [0, 0.1) is 17.8 Å². The third kappa shape index (κ3) is 7.84. The van der Waals surface area contributed by atoms with E-state index in [1.165, 1.54) is 43.6 Å². The van der Waals surface area contributed by atoms with Crippen LogP contribution in [0.2, 0.25) is 0 Å². The molecule has 4 aromatic rings. The van der Waals surface area contributed by atoms with Gasteiger partial charge in [0.05, 0.1) is 4.90 Å². The van der Waals surface area contributed by atoms with Crippen LogP contribution in [0.25, 0.3) is 0 Å². The first-order chi connectivity index (χ1) is 22.4. The molecule has 0 saturated heterocycles. The number of pyridine rings is 1. The number of hydrogen-bond acceptors (Lipinski definition) is 9. The van der Waals surface area contributed by atoms with Gasteiger partial charge >= 0.3 is 0 Å². The molecule has 236 valence electrons. The highest BCUT2D eigenvalue weighted by molar-refractivity contribution is 7.98. The van der Waals surface area contributed by atoms with E-state index >= 15 is 0 Å². The second-order valence-corrected chi connectivity index (χ2v) is 12.4. The van der Waals surface area contributed by atoms with Crippen molar-refractivity contribution in [3.05, 3.63) is 90.9 Å². The van der Waals surface area contributed by atoms with Crippen molar-refractivity contribution in [2.24, 2.45) is 17.8 Å². The van der Waals surface area contributed by atoms with E-state index in [4.69, 9.17) is 9.72 Å². The number of hydrogen-bond donors (Lipinski definition) is 4. The molecule has 11 heteroatoms. The maximum Gasteiger partial charge on any atom is 0.269 e. The van der Waals surface area contributed by atoms with Crippen molar-refractivity contribution in [3.63, 3.8) is 0 Å². The minimum absolute atomic E-state index is 0.121. The molecule has 2 bridgehead atoms. The summed E-state index contributed by atoms with van der Waals surface area (Å²) in [6.45, 7) is 0. The van der Waals surface area contributed by atoms with Crippen molar-refractivity contribution in [3.8, 4) is 11.5 Å². The van der Waals surface area contributed by atoms with Gasteiger partial charge in [-0.05, 0) is 104 Å². The van der Waals surface area contributed by atoms with Gasteiger partial charge in [-0.25, -0.2) is 4.98 Å². The van der Waals surface area contributed by atoms with Crippen LogP contribution in [0.15, 0.2) is 90.1 Å². The number of rotatable bonds is 12. The third-order valence-corrected chi connectivity index (χ3v) is 9.24. The maximum atomic E-state index is 12.6. The number of nitrogens with zero attached hydrogens (tertiary/aromatic N) is 3. The average molecular weight is 636 g/mol. The van der Waals surface area contributed by atoms with Crippen LogP contribution in [-0.4, -0.2) is 40.1 Å². The van der Waals surface area contributed by atoms with Crippen LogP contribution in [-0.2, 0) is 4.79 Å². The highest BCUT2D eigenvalue weighted by Crippen LogP contribution is 2.49. The van der Waals surface area contributed by atoms with Gasteiger partial charge in [-0.2, -0.15) is 4.98 Å². The number of nitrogens with one attached hydrogen (secondary N) is 4. The molecule has 0 aliphatic heterocycles. The third-order valence-electron chi connectivity index (χ3n) is 8.50. The van der Waals surface area contributed by atoms with Gasteiger partial charge in [0.15, 0.2) is 0 Å². The fraction of sp³-hybridized carbons (Fsp3) is 0.286. The first kappa shape index (κ1) is 31.1. The Morgan fingerprint density at radius 1 is 0.957 bits per heavy atom. The standard InChI is InChI=1S/C35H37N7O3S/c1-36-34(44)30-20-29(15-16-37-30)45-28-13-11-25(12-14-28)41-35-38-21-31(46-2)33(42-35)40-27-7-4-6-26(19-27)39-32(43)8-3-5-23-17-22-9-10-24(23)18-22/h3-4,6-8,11-16,19-24H,5,9-10,17-18H2,1-2H3,(H,36,44)(H,39,43)(H2,38,40,41,42)/b8-3+. The monoisotopic (exact) mass is 635 g/mol. The number of thioether (sulfide) groups is 1.